The van der Waals surface area contributed by atoms with E-state index in [4.69, 9.17) is 0 Å². The molecule has 6 heteroatoms. The van der Waals surface area contributed by atoms with Gasteiger partial charge in [0.25, 0.3) is 0 Å². The zero-order chi connectivity index (χ0) is 10.6. The van der Waals surface area contributed by atoms with E-state index >= 15 is 0 Å². The van der Waals surface area contributed by atoms with E-state index < -0.39 is 12.7 Å². The Hall–Kier alpha value is -1.04. The topological polar surface area (TPSA) is 29.9 Å². The molecule has 1 N–H and O–H groups in total. The first kappa shape index (κ1) is 11.0. The Morgan fingerprint density at radius 3 is 2.71 bits per heavy atom. The third-order valence-corrected chi connectivity index (χ3v) is 1.74. The first-order valence-electron chi connectivity index (χ1n) is 4.25. The Morgan fingerprint density at radius 2 is 2.21 bits per heavy atom. The van der Waals surface area contributed by atoms with Gasteiger partial charge in [-0.15, -0.1) is 0 Å². The summed E-state index contributed by atoms with van der Waals surface area (Å²) in [5.41, 5.74) is 0. The third kappa shape index (κ3) is 3.78. The summed E-state index contributed by atoms with van der Waals surface area (Å²) in [7, 11) is 0. The molecule has 1 atom stereocenters. The van der Waals surface area contributed by atoms with Crippen LogP contribution in [-0.2, 0) is 0 Å². The van der Waals surface area contributed by atoms with Crippen LogP contribution in [0.4, 0.5) is 13.2 Å². The summed E-state index contributed by atoms with van der Waals surface area (Å²) in [5, 5.41) is 6.25. The zero-order valence-corrected chi connectivity index (χ0v) is 7.75. The fourth-order valence-corrected chi connectivity index (χ4v) is 1.06. The molecule has 0 radical (unpaired) electrons. The summed E-state index contributed by atoms with van der Waals surface area (Å²) >= 11 is 0. The van der Waals surface area contributed by atoms with Gasteiger partial charge in [0.2, 0.25) is 0 Å². The third-order valence-electron chi connectivity index (χ3n) is 1.74. The van der Waals surface area contributed by atoms with E-state index in [0.717, 1.165) is 0 Å². The average Bonchev–Trinajstić information content (AvgIpc) is 2.53. The van der Waals surface area contributed by atoms with Crippen molar-refractivity contribution in [3.8, 4) is 0 Å². The Bertz CT molecular complexity index is 255. The molecule has 0 bridgehead atoms. The number of nitrogens with one attached hydrogen (secondary N) is 1. The van der Waals surface area contributed by atoms with Crippen molar-refractivity contribution in [2.24, 2.45) is 0 Å². The molecule has 14 heavy (non-hydrogen) atoms. The number of halogens is 3. The molecule has 0 aliphatic rings. The highest BCUT2D eigenvalue weighted by molar-refractivity contribution is 4.81. The molecule has 0 saturated heterocycles. The highest BCUT2D eigenvalue weighted by atomic mass is 19.4. The van der Waals surface area contributed by atoms with E-state index in [1.54, 1.807) is 30.1 Å². The second-order valence-electron chi connectivity index (χ2n) is 3.08. The summed E-state index contributed by atoms with van der Waals surface area (Å²) in [6, 6.07) is 1.66. The maximum atomic E-state index is 11.8. The molecule has 0 saturated carbocycles. The lowest BCUT2D eigenvalue weighted by molar-refractivity contribution is -0.124. The Labute approximate surface area is 79.9 Å². The molecular formula is C8H12F3N3. The maximum Gasteiger partial charge on any atom is 0.401 e. The van der Waals surface area contributed by atoms with Crippen LogP contribution in [0.15, 0.2) is 18.5 Å². The normalized spacial score (nSPS) is 14.3. The molecule has 1 unspecified atom stereocenters. The van der Waals surface area contributed by atoms with Crippen LogP contribution < -0.4 is 5.32 Å². The fourth-order valence-electron chi connectivity index (χ4n) is 1.06. The number of hydrogen-bond donors (Lipinski definition) is 1. The fraction of sp³-hybridized carbons (Fsp3) is 0.625. The first-order valence-corrected chi connectivity index (χ1v) is 4.25. The van der Waals surface area contributed by atoms with Gasteiger partial charge in [0.15, 0.2) is 0 Å². The van der Waals surface area contributed by atoms with E-state index in [0.29, 0.717) is 0 Å². The molecule has 0 aliphatic heterocycles. The van der Waals surface area contributed by atoms with E-state index in [1.165, 1.54) is 0 Å². The van der Waals surface area contributed by atoms with Gasteiger partial charge in [-0.05, 0) is 13.0 Å². The zero-order valence-electron chi connectivity index (χ0n) is 7.75. The Morgan fingerprint density at radius 1 is 1.50 bits per heavy atom. The predicted molar refractivity (Wildman–Crippen MR) is 45.9 cm³/mol. The number of nitrogens with zero attached hydrogens (tertiary/aromatic N) is 2. The van der Waals surface area contributed by atoms with E-state index in [-0.39, 0.29) is 12.6 Å². The number of hydrogen-bond acceptors (Lipinski definition) is 2. The predicted octanol–water partition coefficient (Wildman–Crippen LogP) is 1.60. The molecule has 0 amide bonds. The van der Waals surface area contributed by atoms with Crippen molar-refractivity contribution in [3.63, 3.8) is 0 Å². The minimum Gasteiger partial charge on any atom is -0.307 e. The minimum absolute atomic E-state index is 0.0765. The molecule has 1 rings (SSSR count). The van der Waals surface area contributed by atoms with Crippen molar-refractivity contribution in [2.75, 3.05) is 13.1 Å². The van der Waals surface area contributed by atoms with E-state index in [9.17, 15) is 13.2 Å². The first-order chi connectivity index (χ1) is 6.49. The van der Waals surface area contributed by atoms with Crippen LogP contribution in [0.1, 0.15) is 13.0 Å². The van der Waals surface area contributed by atoms with Crippen LogP contribution in [0.2, 0.25) is 0 Å². The lowest BCUT2D eigenvalue weighted by atomic mass is 10.3. The lowest BCUT2D eigenvalue weighted by Crippen LogP contribution is -2.32. The largest absolute Gasteiger partial charge is 0.401 e. The number of alkyl halides is 3. The highest BCUT2D eigenvalue weighted by Crippen LogP contribution is 2.12. The van der Waals surface area contributed by atoms with Crippen LogP contribution in [0.25, 0.3) is 0 Å². The standard InChI is InChI=1S/C8H12F3N3/c1-7(14-4-2-3-13-14)5-12-6-8(9,10)11/h2-4,7,12H,5-6H2,1H3. The van der Waals surface area contributed by atoms with Crippen LogP contribution in [-0.4, -0.2) is 29.0 Å². The summed E-state index contributed by atoms with van der Waals surface area (Å²) < 4.78 is 36.9. The molecule has 0 spiro atoms. The van der Waals surface area contributed by atoms with Gasteiger partial charge in [-0.1, -0.05) is 0 Å². The van der Waals surface area contributed by atoms with Crippen molar-refractivity contribution < 1.29 is 13.2 Å². The Balaban J connectivity index is 2.26. The molecule has 1 aromatic rings. The van der Waals surface area contributed by atoms with Gasteiger partial charge in [0.05, 0.1) is 12.6 Å². The smallest absolute Gasteiger partial charge is 0.307 e. The van der Waals surface area contributed by atoms with Crippen molar-refractivity contribution in [3.05, 3.63) is 18.5 Å². The second-order valence-corrected chi connectivity index (χ2v) is 3.08. The van der Waals surface area contributed by atoms with Crippen LogP contribution in [0.5, 0.6) is 0 Å². The molecule has 0 fully saturated rings. The molecule has 80 valence electrons. The minimum atomic E-state index is -4.15. The van der Waals surface area contributed by atoms with Crippen molar-refractivity contribution in [2.45, 2.75) is 19.1 Å². The molecule has 1 heterocycles. The van der Waals surface area contributed by atoms with E-state index in [2.05, 4.69) is 10.4 Å². The average molecular weight is 207 g/mol. The van der Waals surface area contributed by atoms with Crippen LogP contribution >= 0.6 is 0 Å². The molecule has 0 aliphatic carbocycles. The molecule has 1 aromatic heterocycles. The van der Waals surface area contributed by atoms with Gasteiger partial charge in [-0.25, -0.2) is 0 Å². The Kier molecular flexibility index (Phi) is 3.51. The van der Waals surface area contributed by atoms with Crippen molar-refractivity contribution >= 4 is 0 Å². The lowest BCUT2D eigenvalue weighted by Gasteiger charge is -2.14. The summed E-state index contributed by atoms with van der Waals surface area (Å²) in [6.45, 7) is 1.09. The van der Waals surface area contributed by atoms with Gasteiger partial charge < -0.3 is 5.32 Å². The summed E-state index contributed by atoms with van der Waals surface area (Å²) in [5.74, 6) is 0. The van der Waals surface area contributed by atoms with Gasteiger partial charge in [-0.2, -0.15) is 18.3 Å². The number of aromatic nitrogens is 2. The van der Waals surface area contributed by atoms with E-state index in [1.807, 2.05) is 0 Å². The van der Waals surface area contributed by atoms with Crippen LogP contribution in [0.3, 0.4) is 0 Å². The van der Waals surface area contributed by atoms with Crippen molar-refractivity contribution in [1.29, 1.82) is 0 Å². The maximum absolute atomic E-state index is 11.8. The summed E-state index contributed by atoms with van der Waals surface area (Å²) in [6.07, 6.45) is -0.829. The quantitative estimate of drug-likeness (QED) is 0.812. The van der Waals surface area contributed by atoms with Gasteiger partial charge >= 0.3 is 6.18 Å². The van der Waals surface area contributed by atoms with Gasteiger partial charge in [0, 0.05) is 18.9 Å². The van der Waals surface area contributed by atoms with Crippen LogP contribution in [0, 0.1) is 0 Å². The SMILES string of the molecule is CC(CNCC(F)(F)F)n1cccn1. The highest BCUT2D eigenvalue weighted by Gasteiger charge is 2.26. The number of rotatable bonds is 4. The summed E-state index contributed by atoms with van der Waals surface area (Å²) in [4.78, 5) is 0. The molecule has 3 nitrogen and oxygen atoms in total. The second kappa shape index (κ2) is 4.45. The van der Waals surface area contributed by atoms with Crippen molar-refractivity contribution in [1.82, 2.24) is 15.1 Å². The molecular weight excluding hydrogens is 195 g/mol. The van der Waals surface area contributed by atoms with Gasteiger partial charge in [-0.3, -0.25) is 4.68 Å². The van der Waals surface area contributed by atoms with Gasteiger partial charge in [0.1, 0.15) is 0 Å². The molecule has 0 aromatic carbocycles. The monoisotopic (exact) mass is 207 g/mol.